The molecule has 0 radical (unpaired) electrons. The maximum atomic E-state index is 12.7. The maximum absolute atomic E-state index is 12.7. The summed E-state index contributed by atoms with van der Waals surface area (Å²) in [6, 6.07) is 6.58. The normalized spacial score (nSPS) is 17.7. The Morgan fingerprint density at radius 1 is 1.20 bits per heavy atom. The molecule has 4 rings (SSSR count). The number of ether oxygens (including phenoxy) is 2. The first-order valence-electron chi connectivity index (χ1n) is 10.1. The zero-order valence-electron chi connectivity index (χ0n) is 16.8. The lowest BCUT2D eigenvalue weighted by molar-refractivity contribution is 0.0730. The summed E-state index contributed by atoms with van der Waals surface area (Å²) < 4.78 is 39.9. The van der Waals surface area contributed by atoms with Crippen molar-refractivity contribution in [1.82, 2.24) is 19.1 Å². The van der Waals surface area contributed by atoms with E-state index in [2.05, 4.69) is 21.3 Å². The molecule has 1 saturated heterocycles. The third kappa shape index (κ3) is 4.88. The summed E-state index contributed by atoms with van der Waals surface area (Å²) in [4.78, 5) is 0.274. The molecule has 2 heterocycles. The number of thioether (sulfide) groups is 1. The molecule has 30 heavy (non-hydrogen) atoms. The molecule has 1 aromatic carbocycles. The number of benzene rings is 1. The second-order valence-electron chi connectivity index (χ2n) is 7.20. The minimum atomic E-state index is -3.48. The number of aromatic nitrogens is 3. The average molecular weight is 451 g/mol. The number of morpholine rings is 1. The number of sulfonamides is 1. The van der Waals surface area contributed by atoms with Crippen LogP contribution < -0.4 is 4.74 Å². The Balaban J connectivity index is 1.29. The van der Waals surface area contributed by atoms with Crippen molar-refractivity contribution < 1.29 is 17.9 Å². The Labute approximate surface area is 181 Å². The first kappa shape index (κ1) is 21.4. The van der Waals surface area contributed by atoms with Crippen LogP contribution in [0.1, 0.15) is 24.6 Å². The average Bonchev–Trinajstić information content (AvgIpc) is 3.54. The zero-order valence-corrected chi connectivity index (χ0v) is 18.4. The molecule has 0 spiro atoms. The Bertz CT molecular complexity index is 965. The molecule has 10 heteroatoms. The second-order valence-corrected chi connectivity index (χ2v) is 10.2. The van der Waals surface area contributed by atoms with E-state index >= 15 is 0 Å². The summed E-state index contributed by atoms with van der Waals surface area (Å²) in [5, 5.41) is 9.54. The van der Waals surface area contributed by atoms with Gasteiger partial charge in [0.2, 0.25) is 10.0 Å². The summed E-state index contributed by atoms with van der Waals surface area (Å²) >= 11 is 1.60. The van der Waals surface area contributed by atoms with Crippen LogP contribution in [-0.4, -0.2) is 66.2 Å². The molecule has 162 valence electrons. The van der Waals surface area contributed by atoms with E-state index in [1.54, 1.807) is 36.0 Å². The Morgan fingerprint density at radius 3 is 2.60 bits per heavy atom. The highest BCUT2D eigenvalue weighted by atomic mass is 32.2. The van der Waals surface area contributed by atoms with Gasteiger partial charge in [0, 0.05) is 31.3 Å². The molecule has 2 aliphatic rings. The third-order valence-electron chi connectivity index (χ3n) is 5.01. The Morgan fingerprint density at radius 2 is 1.93 bits per heavy atom. The van der Waals surface area contributed by atoms with Gasteiger partial charge in [-0.3, -0.25) is 0 Å². The molecule has 0 unspecified atom stereocenters. The first-order valence-corrected chi connectivity index (χ1v) is 12.5. The van der Waals surface area contributed by atoms with Gasteiger partial charge in [0.05, 0.1) is 24.7 Å². The third-order valence-corrected chi connectivity index (χ3v) is 7.86. The fraction of sp³-hybridized carbons (Fsp3) is 0.500. The minimum absolute atomic E-state index is 0.274. The van der Waals surface area contributed by atoms with Crippen molar-refractivity contribution in [2.45, 2.75) is 35.4 Å². The number of allylic oxidation sites excluding steroid dienone is 1. The highest BCUT2D eigenvalue weighted by Gasteiger charge is 2.30. The quantitative estimate of drug-likeness (QED) is 0.312. The largest absolute Gasteiger partial charge is 0.493 e. The monoisotopic (exact) mass is 450 g/mol. The number of hydrogen-bond acceptors (Lipinski definition) is 7. The number of nitrogens with zero attached hydrogens (tertiary/aromatic N) is 4. The fourth-order valence-electron chi connectivity index (χ4n) is 3.29. The van der Waals surface area contributed by atoms with Gasteiger partial charge in [-0.15, -0.1) is 16.8 Å². The van der Waals surface area contributed by atoms with Crippen molar-refractivity contribution in [3.63, 3.8) is 0 Å². The van der Waals surface area contributed by atoms with Gasteiger partial charge in [-0.2, -0.15) is 4.31 Å². The van der Waals surface area contributed by atoms with E-state index in [4.69, 9.17) is 9.47 Å². The van der Waals surface area contributed by atoms with Gasteiger partial charge < -0.3 is 14.0 Å². The summed E-state index contributed by atoms with van der Waals surface area (Å²) in [5.41, 5.74) is 0. The van der Waals surface area contributed by atoms with Crippen LogP contribution in [0.4, 0.5) is 0 Å². The smallest absolute Gasteiger partial charge is 0.243 e. The van der Waals surface area contributed by atoms with E-state index < -0.39 is 10.0 Å². The van der Waals surface area contributed by atoms with Crippen LogP contribution in [0.15, 0.2) is 47.0 Å². The molecule has 1 saturated carbocycles. The lowest BCUT2D eigenvalue weighted by atomic mass is 10.3. The van der Waals surface area contributed by atoms with Gasteiger partial charge in [-0.1, -0.05) is 17.8 Å². The second kappa shape index (κ2) is 9.51. The van der Waals surface area contributed by atoms with Gasteiger partial charge in [-0.25, -0.2) is 8.42 Å². The molecular formula is C20H26N4O4S2. The Hall–Kier alpha value is -1.88. The molecular weight excluding hydrogens is 424 g/mol. The predicted molar refractivity (Wildman–Crippen MR) is 114 cm³/mol. The SMILES string of the molecule is C=CCn1c(SCCOc2ccc(S(=O)(=O)N3CCOCC3)cc2)nnc1C1CC1. The van der Waals surface area contributed by atoms with Crippen molar-refractivity contribution in [3.05, 3.63) is 42.7 Å². The number of rotatable bonds is 10. The molecule has 2 aromatic rings. The van der Waals surface area contributed by atoms with Crippen molar-refractivity contribution in [1.29, 1.82) is 0 Å². The van der Waals surface area contributed by atoms with Crippen LogP contribution in [0, 0.1) is 0 Å². The molecule has 1 aliphatic heterocycles. The first-order chi connectivity index (χ1) is 14.6. The standard InChI is InChI=1S/C20H26N4O4S2/c1-2-9-24-19(16-3-4-16)21-22-20(24)29-15-14-28-17-5-7-18(8-6-17)30(25,26)23-10-12-27-13-11-23/h2,5-8,16H,1,3-4,9-15H2. The lowest BCUT2D eigenvalue weighted by Gasteiger charge is -2.26. The highest BCUT2D eigenvalue weighted by Crippen LogP contribution is 2.40. The highest BCUT2D eigenvalue weighted by molar-refractivity contribution is 7.99. The van der Waals surface area contributed by atoms with Crippen LogP contribution in [-0.2, 0) is 21.3 Å². The van der Waals surface area contributed by atoms with Crippen LogP contribution in [0.5, 0.6) is 5.75 Å². The molecule has 0 amide bonds. The van der Waals surface area contributed by atoms with Gasteiger partial charge in [0.15, 0.2) is 5.16 Å². The van der Waals surface area contributed by atoms with Crippen LogP contribution in [0.2, 0.25) is 0 Å². The van der Waals surface area contributed by atoms with Crippen LogP contribution >= 0.6 is 11.8 Å². The van der Waals surface area contributed by atoms with E-state index in [0.29, 0.717) is 56.9 Å². The molecule has 1 aromatic heterocycles. The van der Waals surface area contributed by atoms with Crippen molar-refractivity contribution in [2.75, 3.05) is 38.7 Å². The molecule has 0 atom stereocenters. The van der Waals surface area contributed by atoms with E-state index in [1.807, 2.05) is 6.08 Å². The molecule has 0 N–H and O–H groups in total. The van der Waals surface area contributed by atoms with Gasteiger partial charge in [0.25, 0.3) is 0 Å². The molecule has 2 fully saturated rings. The van der Waals surface area contributed by atoms with Gasteiger partial charge in [-0.05, 0) is 37.1 Å². The molecule has 1 aliphatic carbocycles. The van der Waals surface area contributed by atoms with Gasteiger partial charge in [0.1, 0.15) is 11.6 Å². The minimum Gasteiger partial charge on any atom is -0.493 e. The van der Waals surface area contributed by atoms with Crippen LogP contribution in [0.25, 0.3) is 0 Å². The van der Waals surface area contributed by atoms with Crippen LogP contribution in [0.3, 0.4) is 0 Å². The zero-order chi connectivity index (χ0) is 21.0. The predicted octanol–water partition coefficient (Wildman–Crippen LogP) is 2.53. The number of hydrogen-bond donors (Lipinski definition) is 0. The van der Waals surface area contributed by atoms with E-state index in [9.17, 15) is 8.42 Å². The molecule has 0 bridgehead atoms. The maximum Gasteiger partial charge on any atom is 0.243 e. The van der Waals surface area contributed by atoms with E-state index in [1.165, 1.54) is 17.1 Å². The lowest BCUT2D eigenvalue weighted by Crippen LogP contribution is -2.40. The van der Waals surface area contributed by atoms with Crippen molar-refractivity contribution >= 4 is 21.8 Å². The van der Waals surface area contributed by atoms with E-state index in [0.717, 1.165) is 11.0 Å². The fourth-order valence-corrected chi connectivity index (χ4v) is 5.47. The molecule has 8 nitrogen and oxygen atoms in total. The summed E-state index contributed by atoms with van der Waals surface area (Å²) in [5.74, 6) is 2.95. The summed E-state index contributed by atoms with van der Waals surface area (Å²) in [6.07, 6.45) is 4.23. The van der Waals surface area contributed by atoms with E-state index in [-0.39, 0.29) is 4.90 Å². The topological polar surface area (TPSA) is 86.5 Å². The van der Waals surface area contributed by atoms with Gasteiger partial charge >= 0.3 is 0 Å². The van der Waals surface area contributed by atoms with Crippen molar-refractivity contribution in [2.24, 2.45) is 0 Å². The summed E-state index contributed by atoms with van der Waals surface area (Å²) in [6.45, 7) is 6.65. The van der Waals surface area contributed by atoms with Crippen molar-refractivity contribution in [3.8, 4) is 5.75 Å². The summed E-state index contributed by atoms with van der Waals surface area (Å²) in [7, 11) is -3.48. The Kier molecular flexibility index (Phi) is 6.77.